The molecule has 0 aromatic heterocycles. The first kappa shape index (κ1) is 22.3. The molecule has 0 bridgehead atoms. The third-order valence-electron chi connectivity index (χ3n) is 4.87. The van der Waals surface area contributed by atoms with Crippen LogP contribution >= 0.6 is 23.2 Å². The Bertz CT molecular complexity index is 971. The maximum Gasteiger partial charge on any atom is 0.278 e. The maximum absolute atomic E-state index is 13.2. The lowest BCUT2D eigenvalue weighted by molar-refractivity contribution is -0.137. The van der Waals surface area contributed by atoms with Gasteiger partial charge in [0.1, 0.15) is 5.70 Å². The second-order valence-corrected chi connectivity index (χ2v) is 7.71. The molecule has 0 aliphatic carbocycles. The van der Waals surface area contributed by atoms with Crippen LogP contribution in [0.15, 0.2) is 48.2 Å². The first-order chi connectivity index (χ1) is 14.5. The highest BCUT2D eigenvalue weighted by molar-refractivity contribution is 6.41. The molecule has 158 valence electrons. The Balaban J connectivity index is 1.96. The van der Waals surface area contributed by atoms with Gasteiger partial charge in [-0.25, -0.2) is 0 Å². The van der Waals surface area contributed by atoms with Crippen LogP contribution in [-0.2, 0) is 20.7 Å². The molecule has 7 heteroatoms. The number of halogens is 2. The number of aryl methyl sites for hydroxylation is 1. The van der Waals surface area contributed by atoms with E-state index in [0.29, 0.717) is 35.2 Å². The number of nitrogens with zero attached hydrogens (tertiary/aromatic N) is 1. The number of hydrogen-bond acceptors (Lipinski definition) is 4. The number of carbonyl (C=O) groups excluding carboxylic acids is 2. The second-order valence-electron chi connectivity index (χ2n) is 6.86. The van der Waals surface area contributed by atoms with E-state index in [0.717, 1.165) is 12.1 Å². The van der Waals surface area contributed by atoms with Gasteiger partial charge in [0, 0.05) is 36.0 Å². The number of imide groups is 1. The van der Waals surface area contributed by atoms with Crippen molar-refractivity contribution >= 4 is 46.3 Å². The van der Waals surface area contributed by atoms with Crippen molar-refractivity contribution in [3.8, 4) is 0 Å². The van der Waals surface area contributed by atoms with Crippen molar-refractivity contribution in [3.63, 3.8) is 0 Å². The molecular formula is C23H24Cl2N2O3. The van der Waals surface area contributed by atoms with Crippen molar-refractivity contribution in [3.05, 3.63) is 69.3 Å². The summed E-state index contributed by atoms with van der Waals surface area (Å²) in [5.74, 6) is -0.759. The van der Waals surface area contributed by atoms with E-state index in [1.54, 1.807) is 18.2 Å². The zero-order valence-corrected chi connectivity index (χ0v) is 18.5. The number of amides is 2. The zero-order chi connectivity index (χ0) is 21.7. The van der Waals surface area contributed by atoms with Gasteiger partial charge in [-0.3, -0.25) is 14.5 Å². The molecule has 30 heavy (non-hydrogen) atoms. The van der Waals surface area contributed by atoms with Gasteiger partial charge in [0.15, 0.2) is 0 Å². The Kier molecular flexibility index (Phi) is 7.53. The lowest BCUT2D eigenvalue weighted by Crippen LogP contribution is -2.34. The molecule has 1 N–H and O–H groups in total. The average molecular weight is 447 g/mol. The van der Waals surface area contributed by atoms with Crippen LogP contribution in [0.3, 0.4) is 0 Å². The summed E-state index contributed by atoms with van der Waals surface area (Å²) in [6.45, 7) is 5.32. The largest absolute Gasteiger partial charge is 0.382 e. The molecule has 1 aliphatic rings. The summed E-state index contributed by atoms with van der Waals surface area (Å²) in [6, 6.07) is 12.6. The molecule has 0 fully saturated rings. The Hall–Kier alpha value is -2.34. The quantitative estimate of drug-likeness (QED) is 0.426. The van der Waals surface area contributed by atoms with Crippen LogP contribution in [0.1, 0.15) is 31.4 Å². The van der Waals surface area contributed by atoms with Crippen molar-refractivity contribution in [2.45, 2.75) is 26.7 Å². The lowest BCUT2D eigenvalue weighted by atomic mass is 10.0. The second kappa shape index (κ2) is 10.1. The van der Waals surface area contributed by atoms with Crippen LogP contribution in [0, 0.1) is 0 Å². The molecule has 0 spiro atoms. The first-order valence-electron chi connectivity index (χ1n) is 9.95. The van der Waals surface area contributed by atoms with Crippen molar-refractivity contribution < 1.29 is 14.3 Å². The Morgan fingerprint density at radius 2 is 1.73 bits per heavy atom. The van der Waals surface area contributed by atoms with E-state index in [1.165, 1.54) is 10.5 Å². The van der Waals surface area contributed by atoms with Gasteiger partial charge in [-0.1, -0.05) is 48.3 Å². The highest BCUT2D eigenvalue weighted by Gasteiger charge is 2.39. The lowest BCUT2D eigenvalue weighted by Gasteiger charge is -2.15. The topological polar surface area (TPSA) is 58.6 Å². The molecule has 3 rings (SSSR count). The zero-order valence-electron chi connectivity index (χ0n) is 17.0. The molecule has 2 aromatic carbocycles. The van der Waals surface area contributed by atoms with Crippen LogP contribution < -0.4 is 5.32 Å². The standard InChI is InChI=1S/C23H24Cl2N2O3/c1-3-15-6-9-17(10-7-15)26-21-20(18-11-8-16(24)14-19(18)25)22(28)27(23(21)29)12-5-13-30-4-2/h6-11,14,26H,3-5,12-13H2,1-2H3. The number of anilines is 1. The molecule has 1 heterocycles. The summed E-state index contributed by atoms with van der Waals surface area (Å²) in [6.07, 6.45) is 1.48. The van der Waals surface area contributed by atoms with Crippen molar-refractivity contribution in [1.29, 1.82) is 0 Å². The minimum Gasteiger partial charge on any atom is -0.382 e. The van der Waals surface area contributed by atoms with Gasteiger partial charge in [0.25, 0.3) is 11.8 Å². The fourth-order valence-corrected chi connectivity index (χ4v) is 3.78. The van der Waals surface area contributed by atoms with Gasteiger partial charge in [0.05, 0.1) is 10.6 Å². The molecule has 0 atom stereocenters. The number of hydrogen-bond donors (Lipinski definition) is 1. The molecule has 0 unspecified atom stereocenters. The van der Waals surface area contributed by atoms with Gasteiger partial charge in [0.2, 0.25) is 0 Å². The van der Waals surface area contributed by atoms with Crippen LogP contribution in [-0.4, -0.2) is 36.5 Å². The minimum absolute atomic E-state index is 0.213. The molecule has 0 radical (unpaired) electrons. The summed E-state index contributed by atoms with van der Waals surface area (Å²) in [4.78, 5) is 27.6. The Morgan fingerprint density at radius 1 is 1.00 bits per heavy atom. The van der Waals surface area contributed by atoms with Gasteiger partial charge in [-0.2, -0.15) is 0 Å². The monoisotopic (exact) mass is 446 g/mol. The third kappa shape index (κ3) is 4.86. The summed E-state index contributed by atoms with van der Waals surface area (Å²) < 4.78 is 5.34. The van der Waals surface area contributed by atoms with Gasteiger partial charge < -0.3 is 10.1 Å². The Labute approximate surface area is 186 Å². The molecule has 0 saturated heterocycles. The normalized spacial score (nSPS) is 14.1. The SMILES string of the molecule is CCOCCCN1C(=O)C(Nc2ccc(CC)cc2)=C(c2ccc(Cl)cc2Cl)C1=O. The summed E-state index contributed by atoms with van der Waals surface area (Å²) >= 11 is 12.4. The average Bonchev–Trinajstić information content (AvgIpc) is 2.96. The number of nitrogens with one attached hydrogen (secondary N) is 1. The number of benzene rings is 2. The number of carbonyl (C=O) groups is 2. The van der Waals surface area contributed by atoms with Crippen molar-refractivity contribution in [2.75, 3.05) is 25.1 Å². The first-order valence-corrected chi connectivity index (χ1v) is 10.7. The predicted molar refractivity (Wildman–Crippen MR) is 121 cm³/mol. The van der Waals surface area contributed by atoms with E-state index in [1.807, 2.05) is 31.2 Å². The maximum atomic E-state index is 13.2. The summed E-state index contributed by atoms with van der Waals surface area (Å²) in [7, 11) is 0. The van der Waals surface area contributed by atoms with Gasteiger partial charge in [-0.05, 0) is 49.6 Å². The van der Waals surface area contributed by atoms with E-state index >= 15 is 0 Å². The van der Waals surface area contributed by atoms with Crippen molar-refractivity contribution in [2.24, 2.45) is 0 Å². The fourth-order valence-electron chi connectivity index (χ4n) is 3.27. The van der Waals surface area contributed by atoms with Crippen LogP contribution in [0.5, 0.6) is 0 Å². The van der Waals surface area contributed by atoms with E-state index in [-0.39, 0.29) is 29.6 Å². The van der Waals surface area contributed by atoms with E-state index in [2.05, 4.69) is 12.2 Å². The molecule has 0 saturated carbocycles. The van der Waals surface area contributed by atoms with E-state index in [9.17, 15) is 9.59 Å². The Morgan fingerprint density at radius 3 is 2.37 bits per heavy atom. The fraction of sp³-hybridized carbons (Fsp3) is 0.304. The minimum atomic E-state index is -0.381. The smallest absolute Gasteiger partial charge is 0.278 e. The van der Waals surface area contributed by atoms with Gasteiger partial charge >= 0.3 is 0 Å². The summed E-state index contributed by atoms with van der Waals surface area (Å²) in [5, 5.41) is 3.91. The van der Waals surface area contributed by atoms with Crippen LogP contribution in [0.25, 0.3) is 5.57 Å². The molecule has 1 aliphatic heterocycles. The summed E-state index contributed by atoms with van der Waals surface area (Å²) in [5.41, 5.74) is 2.84. The van der Waals surface area contributed by atoms with Gasteiger partial charge in [-0.15, -0.1) is 0 Å². The predicted octanol–water partition coefficient (Wildman–Crippen LogP) is 5.17. The highest BCUT2D eigenvalue weighted by Crippen LogP contribution is 2.35. The van der Waals surface area contributed by atoms with Crippen molar-refractivity contribution in [1.82, 2.24) is 4.90 Å². The van der Waals surface area contributed by atoms with E-state index in [4.69, 9.17) is 27.9 Å². The number of rotatable bonds is 9. The molecule has 5 nitrogen and oxygen atoms in total. The highest BCUT2D eigenvalue weighted by atomic mass is 35.5. The molecule has 2 aromatic rings. The van der Waals surface area contributed by atoms with E-state index < -0.39 is 0 Å². The van der Waals surface area contributed by atoms with Crippen LogP contribution in [0.4, 0.5) is 5.69 Å². The molecular weight excluding hydrogens is 423 g/mol. The molecule has 2 amide bonds. The third-order valence-corrected chi connectivity index (χ3v) is 5.42. The van der Waals surface area contributed by atoms with Crippen LogP contribution in [0.2, 0.25) is 10.0 Å². The number of ether oxygens (including phenoxy) is 1.